The second-order valence-electron chi connectivity index (χ2n) is 7.17. The number of hydrogen-bond donors (Lipinski definition) is 2. The van der Waals surface area contributed by atoms with E-state index in [-0.39, 0.29) is 33.8 Å². The highest BCUT2D eigenvalue weighted by Crippen LogP contribution is 2.25. The van der Waals surface area contributed by atoms with E-state index < -0.39 is 5.82 Å². The van der Waals surface area contributed by atoms with Crippen LogP contribution < -0.4 is 10.7 Å². The summed E-state index contributed by atoms with van der Waals surface area (Å²) >= 11 is 11.9. The van der Waals surface area contributed by atoms with Gasteiger partial charge in [0.05, 0.1) is 17.1 Å². The van der Waals surface area contributed by atoms with Gasteiger partial charge < -0.3 is 10.3 Å². The van der Waals surface area contributed by atoms with Crippen LogP contribution in [-0.2, 0) is 17.8 Å². The minimum atomic E-state index is -0.623. The number of aromatic nitrogens is 1. The number of hydrogen-bond acceptors (Lipinski definition) is 3. The number of fused-ring (bicyclic) bond motifs is 2. The van der Waals surface area contributed by atoms with Gasteiger partial charge in [0.2, 0.25) is 5.91 Å². The van der Waals surface area contributed by atoms with Gasteiger partial charge in [-0.15, -0.1) is 0 Å². The minimum absolute atomic E-state index is 0.0292. The summed E-state index contributed by atoms with van der Waals surface area (Å²) in [5.74, 6) is -0.814. The average Bonchev–Trinajstić information content (AvgIpc) is 2.68. The van der Waals surface area contributed by atoms with Gasteiger partial charge in [0.25, 0.3) is 0 Å². The first-order valence-electron chi connectivity index (χ1n) is 9.13. The largest absolute Gasteiger partial charge is 0.355 e. The van der Waals surface area contributed by atoms with Crippen LogP contribution in [0.3, 0.4) is 0 Å². The zero-order valence-electron chi connectivity index (χ0n) is 15.6. The van der Waals surface area contributed by atoms with Gasteiger partial charge in [0, 0.05) is 46.9 Å². The maximum atomic E-state index is 14.3. The molecular weight excluding hydrogens is 416 g/mol. The molecule has 8 heteroatoms. The number of nitrogens with one attached hydrogen (secondary N) is 2. The van der Waals surface area contributed by atoms with E-state index >= 15 is 0 Å². The van der Waals surface area contributed by atoms with Crippen molar-refractivity contribution in [1.82, 2.24) is 9.88 Å². The zero-order valence-corrected chi connectivity index (χ0v) is 17.1. The lowest BCUT2D eigenvalue weighted by Gasteiger charge is -2.28. The summed E-state index contributed by atoms with van der Waals surface area (Å²) in [6, 6.07) is 8.23. The number of carbonyl (C=O) groups is 1. The number of amides is 1. The molecule has 0 radical (unpaired) electrons. The van der Waals surface area contributed by atoms with Gasteiger partial charge in [-0.25, -0.2) is 4.39 Å². The summed E-state index contributed by atoms with van der Waals surface area (Å²) in [6.07, 6.45) is 0.510. The molecule has 5 nitrogen and oxygen atoms in total. The SMILES string of the molecule is Cc1ccc(NC(=O)CN2CCc3[nH]c4c(F)c(Cl)ccc4c(=O)c3C2)cc1Cl. The fourth-order valence-corrected chi connectivity index (χ4v) is 3.89. The molecule has 0 saturated heterocycles. The molecule has 29 heavy (non-hydrogen) atoms. The van der Waals surface area contributed by atoms with Crippen LogP contribution in [0.4, 0.5) is 10.1 Å². The highest BCUT2D eigenvalue weighted by Gasteiger charge is 2.23. The Kier molecular flexibility index (Phi) is 5.34. The predicted octanol–water partition coefficient (Wildman–Crippen LogP) is 4.28. The third-order valence-corrected chi connectivity index (χ3v) is 5.84. The van der Waals surface area contributed by atoms with E-state index in [1.54, 1.807) is 12.1 Å². The van der Waals surface area contributed by atoms with E-state index in [2.05, 4.69) is 10.3 Å². The summed E-state index contributed by atoms with van der Waals surface area (Å²) in [5, 5.41) is 3.63. The molecule has 0 aliphatic carbocycles. The molecule has 0 spiro atoms. The topological polar surface area (TPSA) is 65.2 Å². The summed E-state index contributed by atoms with van der Waals surface area (Å²) in [4.78, 5) is 30.2. The molecule has 1 aliphatic heterocycles. The first kappa shape index (κ1) is 19.9. The van der Waals surface area contributed by atoms with E-state index in [0.29, 0.717) is 41.5 Å². The first-order valence-corrected chi connectivity index (χ1v) is 9.89. The van der Waals surface area contributed by atoms with Crippen molar-refractivity contribution in [2.45, 2.75) is 19.9 Å². The molecule has 1 aliphatic rings. The number of nitrogens with zero attached hydrogens (tertiary/aromatic N) is 1. The Morgan fingerprint density at radius 3 is 2.79 bits per heavy atom. The lowest BCUT2D eigenvalue weighted by molar-refractivity contribution is -0.117. The van der Waals surface area contributed by atoms with Crippen molar-refractivity contribution in [2.24, 2.45) is 0 Å². The number of benzene rings is 2. The third kappa shape index (κ3) is 3.88. The number of carbonyl (C=O) groups excluding carboxylic acids is 1. The van der Waals surface area contributed by atoms with Crippen LogP contribution in [0, 0.1) is 12.7 Å². The Labute approximate surface area is 176 Å². The zero-order chi connectivity index (χ0) is 20.7. The summed E-state index contributed by atoms with van der Waals surface area (Å²) in [5.41, 5.74) is 2.69. The van der Waals surface area contributed by atoms with Crippen molar-refractivity contribution in [1.29, 1.82) is 0 Å². The monoisotopic (exact) mass is 433 g/mol. The van der Waals surface area contributed by atoms with Crippen LogP contribution in [-0.4, -0.2) is 28.9 Å². The molecular formula is C21H18Cl2FN3O2. The highest BCUT2D eigenvalue weighted by molar-refractivity contribution is 6.31. The summed E-state index contributed by atoms with van der Waals surface area (Å²) < 4.78 is 14.3. The molecule has 0 bridgehead atoms. The van der Waals surface area contributed by atoms with Crippen molar-refractivity contribution >= 4 is 45.7 Å². The van der Waals surface area contributed by atoms with E-state index in [1.807, 2.05) is 17.9 Å². The number of aryl methyl sites for hydroxylation is 1. The second-order valence-corrected chi connectivity index (χ2v) is 7.98. The van der Waals surface area contributed by atoms with Gasteiger partial charge in [-0.05, 0) is 36.8 Å². The van der Waals surface area contributed by atoms with Gasteiger partial charge >= 0.3 is 0 Å². The Morgan fingerprint density at radius 1 is 1.24 bits per heavy atom. The molecule has 1 aromatic heterocycles. The first-order chi connectivity index (χ1) is 13.8. The van der Waals surface area contributed by atoms with E-state index in [9.17, 15) is 14.0 Å². The van der Waals surface area contributed by atoms with Crippen LogP contribution in [0.5, 0.6) is 0 Å². The van der Waals surface area contributed by atoms with Crippen LogP contribution in [0.1, 0.15) is 16.8 Å². The van der Waals surface area contributed by atoms with Gasteiger partial charge in [-0.2, -0.15) is 0 Å². The third-order valence-electron chi connectivity index (χ3n) is 5.14. The van der Waals surface area contributed by atoms with Crippen molar-refractivity contribution in [3.05, 3.63) is 73.2 Å². The lowest BCUT2D eigenvalue weighted by Crippen LogP contribution is -2.39. The van der Waals surface area contributed by atoms with Gasteiger partial charge in [0.15, 0.2) is 11.2 Å². The molecule has 0 fully saturated rings. The van der Waals surface area contributed by atoms with Crippen molar-refractivity contribution < 1.29 is 9.18 Å². The smallest absolute Gasteiger partial charge is 0.238 e. The molecule has 1 amide bonds. The number of rotatable bonds is 3. The maximum absolute atomic E-state index is 14.3. The Morgan fingerprint density at radius 2 is 2.03 bits per heavy atom. The van der Waals surface area contributed by atoms with Crippen LogP contribution in [0.15, 0.2) is 35.1 Å². The van der Waals surface area contributed by atoms with Gasteiger partial charge in [-0.3, -0.25) is 14.5 Å². The molecule has 0 atom stereocenters. The summed E-state index contributed by atoms with van der Waals surface area (Å²) in [7, 11) is 0. The number of pyridine rings is 1. The predicted molar refractivity (Wildman–Crippen MR) is 113 cm³/mol. The highest BCUT2D eigenvalue weighted by atomic mass is 35.5. The van der Waals surface area contributed by atoms with Crippen molar-refractivity contribution in [2.75, 3.05) is 18.4 Å². The van der Waals surface area contributed by atoms with Crippen LogP contribution >= 0.6 is 23.2 Å². The number of H-pyrrole nitrogens is 1. The standard InChI is InChI=1S/C21H18Cl2FN3O2/c1-11-2-3-12(8-16(11)23)25-18(28)10-27-7-6-17-14(9-27)21(29)13-4-5-15(22)19(24)20(13)26-17/h2-5,8H,6-7,9-10H2,1H3,(H,25,28)(H,26,29). The molecule has 2 heterocycles. The molecule has 2 aromatic carbocycles. The van der Waals surface area contributed by atoms with Crippen LogP contribution in [0.25, 0.3) is 10.9 Å². The van der Waals surface area contributed by atoms with Crippen LogP contribution in [0.2, 0.25) is 10.0 Å². The van der Waals surface area contributed by atoms with E-state index in [4.69, 9.17) is 23.2 Å². The Bertz CT molecular complexity index is 1190. The molecule has 0 saturated carbocycles. The number of aromatic amines is 1. The Hall–Kier alpha value is -2.41. The quantitative estimate of drug-likeness (QED) is 0.647. The number of halogens is 3. The normalized spacial score (nSPS) is 14.1. The molecule has 4 rings (SSSR count). The van der Waals surface area contributed by atoms with E-state index in [0.717, 1.165) is 5.56 Å². The minimum Gasteiger partial charge on any atom is -0.355 e. The van der Waals surface area contributed by atoms with Gasteiger partial charge in [-0.1, -0.05) is 29.3 Å². The molecule has 150 valence electrons. The lowest BCUT2D eigenvalue weighted by atomic mass is 10.0. The summed E-state index contributed by atoms with van der Waals surface area (Å²) in [6.45, 7) is 2.91. The average molecular weight is 434 g/mol. The molecule has 2 N–H and O–H groups in total. The van der Waals surface area contributed by atoms with Crippen molar-refractivity contribution in [3.63, 3.8) is 0 Å². The molecule has 0 unspecified atom stereocenters. The fourth-order valence-electron chi connectivity index (χ4n) is 3.55. The second kappa shape index (κ2) is 7.78. The fraction of sp³-hybridized carbons (Fsp3) is 0.238. The van der Waals surface area contributed by atoms with E-state index in [1.165, 1.54) is 12.1 Å². The van der Waals surface area contributed by atoms with Gasteiger partial charge in [0.1, 0.15) is 0 Å². The number of anilines is 1. The maximum Gasteiger partial charge on any atom is 0.238 e. The van der Waals surface area contributed by atoms with Crippen molar-refractivity contribution in [3.8, 4) is 0 Å². The molecule has 3 aromatic rings. The Balaban J connectivity index is 1.53.